The lowest BCUT2D eigenvalue weighted by atomic mass is 10.3. The summed E-state index contributed by atoms with van der Waals surface area (Å²) in [6.07, 6.45) is 5.23. The molecule has 0 aromatic carbocycles. The number of hydrogen-bond acceptors (Lipinski definition) is 4. The predicted molar refractivity (Wildman–Crippen MR) is 62.8 cm³/mol. The lowest BCUT2D eigenvalue weighted by molar-refractivity contribution is 0.101. The van der Waals surface area contributed by atoms with Crippen LogP contribution in [0.15, 0.2) is 0 Å². The second kappa shape index (κ2) is 13.8. The molecule has 4 N–H and O–H groups in total. The molecule has 15 heavy (non-hydrogen) atoms. The van der Waals surface area contributed by atoms with Crippen molar-refractivity contribution in [2.45, 2.75) is 32.1 Å². The van der Waals surface area contributed by atoms with E-state index in [0.717, 1.165) is 65.1 Å². The number of rotatable bonds is 12. The van der Waals surface area contributed by atoms with Crippen LogP contribution in [0, 0.1) is 0 Å². The van der Waals surface area contributed by atoms with E-state index >= 15 is 0 Å². The number of ether oxygens (including phenoxy) is 2. The fraction of sp³-hybridized carbons (Fsp3) is 1.00. The normalized spacial score (nSPS) is 10.8. The molecule has 0 aromatic heterocycles. The summed E-state index contributed by atoms with van der Waals surface area (Å²) in [6.45, 7) is 4.76. The lowest BCUT2D eigenvalue weighted by Gasteiger charge is -2.04. The Morgan fingerprint density at radius 3 is 1.40 bits per heavy atom. The molecule has 0 amide bonds. The zero-order valence-electron chi connectivity index (χ0n) is 9.75. The molecule has 0 aromatic rings. The van der Waals surface area contributed by atoms with Crippen LogP contribution in [0.4, 0.5) is 0 Å². The average molecular weight is 218 g/mol. The summed E-state index contributed by atoms with van der Waals surface area (Å²) in [6, 6.07) is 0. The van der Waals surface area contributed by atoms with Crippen molar-refractivity contribution in [3.8, 4) is 0 Å². The monoisotopic (exact) mass is 218 g/mol. The second-order valence-corrected chi connectivity index (χ2v) is 3.57. The van der Waals surface area contributed by atoms with E-state index in [9.17, 15) is 0 Å². The third kappa shape index (κ3) is 13.8. The van der Waals surface area contributed by atoms with Gasteiger partial charge >= 0.3 is 0 Å². The summed E-state index contributed by atoms with van der Waals surface area (Å²) in [7, 11) is 0. The molecular weight excluding hydrogens is 192 g/mol. The predicted octanol–water partition coefficient (Wildman–Crippen LogP) is 0.888. The minimum atomic E-state index is 0.713. The molecule has 0 atom stereocenters. The fourth-order valence-electron chi connectivity index (χ4n) is 1.15. The maximum absolute atomic E-state index is 5.43. The van der Waals surface area contributed by atoms with Crippen LogP contribution >= 0.6 is 0 Å². The van der Waals surface area contributed by atoms with Crippen molar-refractivity contribution in [1.29, 1.82) is 0 Å². The van der Waals surface area contributed by atoms with Gasteiger partial charge in [-0.25, -0.2) is 0 Å². The molecule has 0 aliphatic rings. The molecule has 0 rings (SSSR count). The maximum atomic E-state index is 5.43. The molecular formula is C11H26N2O2. The van der Waals surface area contributed by atoms with Gasteiger partial charge < -0.3 is 20.9 Å². The summed E-state index contributed by atoms with van der Waals surface area (Å²) < 4.78 is 10.8. The van der Waals surface area contributed by atoms with Crippen LogP contribution in [0.25, 0.3) is 0 Å². The number of hydrogen-bond donors (Lipinski definition) is 2. The zero-order valence-corrected chi connectivity index (χ0v) is 9.75. The SMILES string of the molecule is NCCCCOCCCCOCCCN. The van der Waals surface area contributed by atoms with E-state index in [1.807, 2.05) is 0 Å². The zero-order chi connectivity index (χ0) is 11.2. The molecule has 0 saturated heterocycles. The highest BCUT2D eigenvalue weighted by atomic mass is 16.5. The Balaban J connectivity index is 2.81. The van der Waals surface area contributed by atoms with Crippen LogP contribution < -0.4 is 11.5 Å². The first-order chi connectivity index (χ1) is 7.41. The largest absolute Gasteiger partial charge is 0.381 e. The van der Waals surface area contributed by atoms with Crippen molar-refractivity contribution in [3.05, 3.63) is 0 Å². The van der Waals surface area contributed by atoms with Crippen molar-refractivity contribution in [1.82, 2.24) is 0 Å². The van der Waals surface area contributed by atoms with Crippen LogP contribution in [-0.2, 0) is 9.47 Å². The summed E-state index contributed by atoms with van der Waals surface area (Å²) in [5, 5.41) is 0. The van der Waals surface area contributed by atoms with E-state index in [1.165, 1.54) is 0 Å². The Labute approximate surface area is 93.3 Å². The molecule has 4 nitrogen and oxygen atoms in total. The summed E-state index contributed by atoms with van der Waals surface area (Å²) in [5.41, 5.74) is 10.7. The maximum Gasteiger partial charge on any atom is 0.0478 e. The first kappa shape index (κ1) is 14.8. The lowest BCUT2D eigenvalue weighted by Crippen LogP contribution is -2.06. The standard InChI is InChI=1S/C11H26N2O2/c12-6-1-2-8-14-9-3-4-10-15-11-5-7-13/h1-13H2. The quantitative estimate of drug-likeness (QED) is 0.477. The van der Waals surface area contributed by atoms with Crippen molar-refractivity contribution >= 4 is 0 Å². The van der Waals surface area contributed by atoms with Crippen molar-refractivity contribution in [3.63, 3.8) is 0 Å². The van der Waals surface area contributed by atoms with Gasteiger partial charge in [0, 0.05) is 26.4 Å². The number of unbranched alkanes of at least 4 members (excludes halogenated alkanes) is 2. The minimum Gasteiger partial charge on any atom is -0.381 e. The van der Waals surface area contributed by atoms with Gasteiger partial charge in [0.05, 0.1) is 0 Å². The third-order valence-corrected chi connectivity index (χ3v) is 2.06. The van der Waals surface area contributed by atoms with Gasteiger partial charge in [-0.05, 0) is 45.2 Å². The molecule has 0 aliphatic carbocycles. The van der Waals surface area contributed by atoms with E-state index < -0.39 is 0 Å². The van der Waals surface area contributed by atoms with Crippen LogP contribution in [0.5, 0.6) is 0 Å². The van der Waals surface area contributed by atoms with E-state index in [4.69, 9.17) is 20.9 Å². The second-order valence-electron chi connectivity index (χ2n) is 3.57. The Morgan fingerprint density at radius 1 is 0.533 bits per heavy atom. The molecule has 0 fully saturated rings. The van der Waals surface area contributed by atoms with Gasteiger partial charge in [-0.15, -0.1) is 0 Å². The molecule has 4 heteroatoms. The Bertz CT molecular complexity index is 101. The summed E-state index contributed by atoms with van der Waals surface area (Å²) >= 11 is 0. The van der Waals surface area contributed by atoms with Gasteiger partial charge in [-0.3, -0.25) is 0 Å². The Hall–Kier alpha value is -0.160. The smallest absolute Gasteiger partial charge is 0.0478 e. The van der Waals surface area contributed by atoms with E-state index in [0.29, 0.717) is 6.54 Å². The molecule has 0 bridgehead atoms. The molecule has 92 valence electrons. The van der Waals surface area contributed by atoms with E-state index in [1.54, 1.807) is 0 Å². The topological polar surface area (TPSA) is 70.5 Å². The van der Waals surface area contributed by atoms with Gasteiger partial charge in [0.15, 0.2) is 0 Å². The highest BCUT2D eigenvalue weighted by Crippen LogP contribution is 1.94. The molecule has 0 unspecified atom stereocenters. The van der Waals surface area contributed by atoms with E-state index in [-0.39, 0.29) is 0 Å². The average Bonchev–Trinajstić information content (AvgIpc) is 2.26. The first-order valence-electron chi connectivity index (χ1n) is 5.97. The van der Waals surface area contributed by atoms with E-state index in [2.05, 4.69) is 0 Å². The fourth-order valence-corrected chi connectivity index (χ4v) is 1.15. The molecule has 0 aliphatic heterocycles. The number of nitrogens with two attached hydrogens (primary N) is 2. The summed E-state index contributed by atoms with van der Waals surface area (Å²) in [4.78, 5) is 0. The molecule has 0 heterocycles. The summed E-state index contributed by atoms with van der Waals surface area (Å²) in [5.74, 6) is 0. The highest BCUT2D eigenvalue weighted by Gasteiger charge is 1.91. The molecule has 0 saturated carbocycles. The molecule has 0 radical (unpaired) electrons. The minimum absolute atomic E-state index is 0.713. The highest BCUT2D eigenvalue weighted by molar-refractivity contribution is 4.42. The van der Waals surface area contributed by atoms with Crippen LogP contribution in [0.3, 0.4) is 0 Å². The Morgan fingerprint density at radius 2 is 0.933 bits per heavy atom. The van der Waals surface area contributed by atoms with Crippen LogP contribution in [0.2, 0.25) is 0 Å². The molecule has 0 spiro atoms. The van der Waals surface area contributed by atoms with Crippen LogP contribution in [-0.4, -0.2) is 39.5 Å². The van der Waals surface area contributed by atoms with Gasteiger partial charge in [-0.1, -0.05) is 0 Å². The van der Waals surface area contributed by atoms with Gasteiger partial charge in [0.1, 0.15) is 0 Å². The van der Waals surface area contributed by atoms with Gasteiger partial charge in [0.2, 0.25) is 0 Å². The third-order valence-electron chi connectivity index (χ3n) is 2.06. The van der Waals surface area contributed by atoms with Gasteiger partial charge in [0.25, 0.3) is 0 Å². The Kier molecular flexibility index (Phi) is 13.7. The van der Waals surface area contributed by atoms with Crippen molar-refractivity contribution in [2.24, 2.45) is 11.5 Å². The van der Waals surface area contributed by atoms with Gasteiger partial charge in [-0.2, -0.15) is 0 Å². The van der Waals surface area contributed by atoms with Crippen LogP contribution in [0.1, 0.15) is 32.1 Å². The van der Waals surface area contributed by atoms with Crippen molar-refractivity contribution in [2.75, 3.05) is 39.5 Å². The first-order valence-corrected chi connectivity index (χ1v) is 5.97. The van der Waals surface area contributed by atoms with Crippen molar-refractivity contribution < 1.29 is 9.47 Å².